The standard InChI is InChI=1S/C13H16N6OS/c1-2-3-14-13(20)9-6-19(4-5-21-9)12-10-11(16-7-15-10)17-8-18-12/h6-8H,2-5H2,1H3,(H,14,20)(H,15,16,17,18). The molecule has 2 N–H and O–H groups in total. The summed E-state index contributed by atoms with van der Waals surface area (Å²) in [6.07, 6.45) is 5.86. The molecule has 2 aromatic heterocycles. The van der Waals surface area contributed by atoms with Gasteiger partial charge in [-0.3, -0.25) is 4.79 Å². The Hall–Kier alpha value is -2.09. The molecule has 3 rings (SSSR count). The van der Waals surface area contributed by atoms with Gasteiger partial charge < -0.3 is 15.2 Å². The third-order valence-electron chi connectivity index (χ3n) is 3.10. The Kier molecular flexibility index (Phi) is 4.05. The van der Waals surface area contributed by atoms with Gasteiger partial charge in [-0.25, -0.2) is 15.0 Å². The van der Waals surface area contributed by atoms with Crippen LogP contribution in [0.1, 0.15) is 13.3 Å². The van der Waals surface area contributed by atoms with Crippen molar-refractivity contribution in [2.24, 2.45) is 0 Å². The molecule has 0 aromatic carbocycles. The second-order valence-electron chi connectivity index (χ2n) is 4.59. The van der Waals surface area contributed by atoms with E-state index in [0.29, 0.717) is 17.1 Å². The van der Waals surface area contributed by atoms with Crippen LogP contribution >= 0.6 is 11.8 Å². The highest BCUT2D eigenvalue weighted by Crippen LogP contribution is 2.27. The summed E-state index contributed by atoms with van der Waals surface area (Å²) in [7, 11) is 0. The van der Waals surface area contributed by atoms with Gasteiger partial charge in [-0.15, -0.1) is 11.8 Å². The van der Waals surface area contributed by atoms with Crippen molar-refractivity contribution >= 4 is 34.7 Å². The summed E-state index contributed by atoms with van der Waals surface area (Å²) in [4.78, 5) is 30.4. The first-order valence-electron chi connectivity index (χ1n) is 6.83. The zero-order valence-electron chi connectivity index (χ0n) is 11.7. The number of thioether (sulfide) groups is 1. The summed E-state index contributed by atoms with van der Waals surface area (Å²) in [5.74, 6) is 1.56. The van der Waals surface area contributed by atoms with E-state index in [-0.39, 0.29) is 5.91 Å². The van der Waals surface area contributed by atoms with Crippen molar-refractivity contribution in [2.45, 2.75) is 13.3 Å². The fourth-order valence-corrected chi connectivity index (χ4v) is 3.00. The molecule has 1 aliphatic rings. The predicted octanol–water partition coefficient (Wildman–Crippen LogP) is 1.27. The number of H-pyrrole nitrogens is 1. The van der Waals surface area contributed by atoms with E-state index in [1.807, 2.05) is 18.0 Å². The summed E-state index contributed by atoms with van der Waals surface area (Å²) in [6, 6.07) is 0. The molecule has 0 fully saturated rings. The number of aromatic nitrogens is 4. The van der Waals surface area contributed by atoms with E-state index in [1.165, 1.54) is 6.33 Å². The molecule has 0 spiro atoms. The maximum absolute atomic E-state index is 12.1. The zero-order chi connectivity index (χ0) is 14.7. The van der Waals surface area contributed by atoms with Gasteiger partial charge in [0.15, 0.2) is 11.5 Å². The smallest absolute Gasteiger partial charge is 0.259 e. The molecule has 0 saturated heterocycles. The number of anilines is 1. The first kappa shape index (κ1) is 13.9. The van der Waals surface area contributed by atoms with Gasteiger partial charge in [0.2, 0.25) is 0 Å². The van der Waals surface area contributed by atoms with Crippen molar-refractivity contribution < 1.29 is 4.79 Å². The zero-order valence-corrected chi connectivity index (χ0v) is 12.5. The van der Waals surface area contributed by atoms with E-state index in [9.17, 15) is 4.79 Å². The van der Waals surface area contributed by atoms with Crippen LogP contribution in [0.25, 0.3) is 11.2 Å². The van der Waals surface area contributed by atoms with Crippen LogP contribution in [0.2, 0.25) is 0 Å². The highest BCUT2D eigenvalue weighted by Gasteiger charge is 2.20. The van der Waals surface area contributed by atoms with Crippen LogP contribution in [0.3, 0.4) is 0 Å². The SMILES string of the molecule is CCCNC(=O)C1=CN(c2ncnc3nc[nH]c23)CCS1. The van der Waals surface area contributed by atoms with Crippen LogP contribution in [0, 0.1) is 0 Å². The molecule has 21 heavy (non-hydrogen) atoms. The molecule has 110 valence electrons. The number of amides is 1. The lowest BCUT2D eigenvalue weighted by atomic mass is 10.4. The Morgan fingerprint density at radius 3 is 3.24 bits per heavy atom. The van der Waals surface area contributed by atoms with Gasteiger partial charge in [-0.05, 0) is 6.42 Å². The number of nitrogens with zero attached hydrogens (tertiary/aromatic N) is 4. The average Bonchev–Trinajstić information content (AvgIpc) is 3.01. The van der Waals surface area contributed by atoms with Gasteiger partial charge in [0, 0.05) is 25.0 Å². The summed E-state index contributed by atoms with van der Waals surface area (Å²) in [5.41, 5.74) is 1.41. The first-order valence-corrected chi connectivity index (χ1v) is 7.81. The molecule has 0 aliphatic carbocycles. The van der Waals surface area contributed by atoms with Crippen LogP contribution in [0.15, 0.2) is 23.8 Å². The Bertz CT molecular complexity index is 682. The largest absolute Gasteiger partial charge is 0.352 e. The molecule has 0 bridgehead atoms. The number of hydrogen-bond acceptors (Lipinski definition) is 6. The van der Waals surface area contributed by atoms with Gasteiger partial charge in [0.05, 0.1) is 11.2 Å². The lowest BCUT2D eigenvalue weighted by molar-refractivity contribution is -0.116. The minimum atomic E-state index is -0.0264. The van der Waals surface area contributed by atoms with Gasteiger partial charge >= 0.3 is 0 Å². The van der Waals surface area contributed by atoms with Crippen molar-refractivity contribution in [3.05, 3.63) is 23.8 Å². The van der Waals surface area contributed by atoms with Crippen molar-refractivity contribution in [1.82, 2.24) is 25.3 Å². The normalized spacial score (nSPS) is 15.1. The van der Waals surface area contributed by atoms with Gasteiger partial charge in [0.1, 0.15) is 11.8 Å². The van der Waals surface area contributed by atoms with Crippen LogP contribution in [-0.4, -0.2) is 44.7 Å². The van der Waals surface area contributed by atoms with E-state index in [4.69, 9.17) is 0 Å². The fourth-order valence-electron chi connectivity index (χ4n) is 2.08. The summed E-state index contributed by atoms with van der Waals surface area (Å²) < 4.78 is 0. The lowest BCUT2D eigenvalue weighted by Crippen LogP contribution is -2.31. The van der Waals surface area contributed by atoms with Crippen LogP contribution in [-0.2, 0) is 4.79 Å². The van der Waals surface area contributed by atoms with Crippen LogP contribution in [0.4, 0.5) is 5.82 Å². The highest BCUT2D eigenvalue weighted by atomic mass is 32.2. The lowest BCUT2D eigenvalue weighted by Gasteiger charge is -2.25. The summed E-state index contributed by atoms with van der Waals surface area (Å²) in [5, 5.41) is 2.90. The molecule has 1 aliphatic heterocycles. The van der Waals surface area contributed by atoms with E-state index >= 15 is 0 Å². The molecule has 3 heterocycles. The molecule has 0 unspecified atom stereocenters. The maximum Gasteiger partial charge on any atom is 0.259 e. The van der Waals surface area contributed by atoms with Crippen molar-refractivity contribution in [1.29, 1.82) is 0 Å². The molecule has 0 saturated carbocycles. The molecule has 7 nitrogen and oxygen atoms in total. The Morgan fingerprint density at radius 1 is 1.48 bits per heavy atom. The maximum atomic E-state index is 12.1. The molecule has 1 amide bonds. The molecule has 0 radical (unpaired) electrons. The van der Waals surface area contributed by atoms with Crippen LogP contribution < -0.4 is 10.2 Å². The molecular formula is C13H16N6OS. The Morgan fingerprint density at radius 2 is 2.38 bits per heavy atom. The third kappa shape index (κ3) is 2.85. The number of rotatable bonds is 4. The number of nitrogens with one attached hydrogen (secondary N) is 2. The average molecular weight is 304 g/mol. The molecule has 8 heteroatoms. The Balaban J connectivity index is 1.88. The van der Waals surface area contributed by atoms with Crippen molar-refractivity contribution in [3.63, 3.8) is 0 Å². The second-order valence-corrected chi connectivity index (χ2v) is 5.73. The minimum Gasteiger partial charge on any atom is -0.352 e. The third-order valence-corrected chi connectivity index (χ3v) is 4.09. The van der Waals surface area contributed by atoms with E-state index in [2.05, 4.69) is 25.3 Å². The number of carbonyl (C=O) groups is 1. The highest BCUT2D eigenvalue weighted by molar-refractivity contribution is 8.04. The minimum absolute atomic E-state index is 0.0264. The van der Waals surface area contributed by atoms with Crippen LogP contribution in [0.5, 0.6) is 0 Å². The fraction of sp³-hybridized carbons (Fsp3) is 0.385. The first-order chi connectivity index (χ1) is 10.3. The number of hydrogen-bond donors (Lipinski definition) is 2. The van der Waals surface area contributed by atoms with Crippen molar-refractivity contribution in [3.8, 4) is 0 Å². The van der Waals surface area contributed by atoms with Gasteiger partial charge in [0.25, 0.3) is 5.91 Å². The molecule has 2 aromatic rings. The summed E-state index contributed by atoms with van der Waals surface area (Å²) in [6.45, 7) is 3.51. The number of imidazole rings is 1. The Labute approximate surface area is 126 Å². The van der Waals surface area contributed by atoms with Gasteiger partial charge in [-0.1, -0.05) is 6.92 Å². The van der Waals surface area contributed by atoms with Crippen molar-refractivity contribution in [2.75, 3.05) is 23.7 Å². The van der Waals surface area contributed by atoms with E-state index < -0.39 is 0 Å². The summed E-state index contributed by atoms with van der Waals surface area (Å²) >= 11 is 1.57. The molecule has 0 atom stereocenters. The monoisotopic (exact) mass is 304 g/mol. The molecular weight excluding hydrogens is 288 g/mol. The second kappa shape index (κ2) is 6.13. The van der Waals surface area contributed by atoms with Gasteiger partial charge in [-0.2, -0.15) is 0 Å². The quantitative estimate of drug-likeness (QED) is 0.884. The van der Waals surface area contributed by atoms with E-state index in [0.717, 1.165) is 30.1 Å². The number of carbonyl (C=O) groups excluding carboxylic acids is 1. The van der Waals surface area contributed by atoms with E-state index in [1.54, 1.807) is 18.1 Å². The number of aromatic amines is 1. The number of fused-ring (bicyclic) bond motifs is 1. The predicted molar refractivity (Wildman–Crippen MR) is 82.9 cm³/mol. The topological polar surface area (TPSA) is 86.8 Å².